The highest BCUT2D eigenvalue weighted by molar-refractivity contribution is 5.96. The van der Waals surface area contributed by atoms with Crippen molar-refractivity contribution in [3.05, 3.63) is 30.1 Å². The van der Waals surface area contributed by atoms with Crippen molar-refractivity contribution in [3.63, 3.8) is 0 Å². The summed E-state index contributed by atoms with van der Waals surface area (Å²) in [4.78, 5) is 31.7. The first-order valence-corrected chi connectivity index (χ1v) is 10.4. The molecular formula is C20H28N6O2. The summed E-state index contributed by atoms with van der Waals surface area (Å²) >= 11 is 0. The van der Waals surface area contributed by atoms with Crippen LogP contribution in [0.3, 0.4) is 0 Å². The fraction of sp³-hybridized carbons (Fsp3) is 0.650. The van der Waals surface area contributed by atoms with Gasteiger partial charge in [0, 0.05) is 38.4 Å². The van der Waals surface area contributed by atoms with Gasteiger partial charge in [-0.3, -0.25) is 9.59 Å². The standard InChI is InChI=1S/C20H28N6O2/c1-24-12-10-21-19(24)18(27)15-7-6-11-25(13-15)20(28)17-14-26(23-22-17)16-8-4-2-3-5-9-16/h10,12,14-16H,2-9,11,13H2,1H3. The second kappa shape index (κ2) is 8.24. The first kappa shape index (κ1) is 18.8. The van der Waals surface area contributed by atoms with Crippen molar-refractivity contribution in [1.29, 1.82) is 0 Å². The summed E-state index contributed by atoms with van der Waals surface area (Å²) < 4.78 is 3.61. The number of carbonyl (C=O) groups is 2. The molecule has 0 aromatic carbocycles. The molecule has 0 radical (unpaired) electrons. The lowest BCUT2D eigenvalue weighted by atomic mass is 9.93. The van der Waals surface area contributed by atoms with Gasteiger partial charge >= 0.3 is 0 Å². The van der Waals surface area contributed by atoms with Crippen molar-refractivity contribution < 1.29 is 9.59 Å². The summed E-state index contributed by atoms with van der Waals surface area (Å²) in [5.74, 6) is 0.124. The molecule has 28 heavy (non-hydrogen) atoms. The first-order valence-electron chi connectivity index (χ1n) is 10.4. The second-order valence-electron chi connectivity index (χ2n) is 8.05. The number of rotatable bonds is 4. The van der Waals surface area contributed by atoms with Gasteiger partial charge in [0.25, 0.3) is 5.91 Å². The normalized spacial score (nSPS) is 21.5. The fourth-order valence-corrected chi connectivity index (χ4v) is 4.40. The number of amides is 1. The van der Waals surface area contributed by atoms with Crippen LogP contribution in [0.1, 0.15) is 78.5 Å². The lowest BCUT2D eigenvalue weighted by molar-refractivity contribution is 0.0628. The Kier molecular flexibility index (Phi) is 5.54. The molecule has 8 heteroatoms. The number of piperidine rings is 1. The summed E-state index contributed by atoms with van der Waals surface area (Å²) in [5, 5.41) is 8.39. The lowest BCUT2D eigenvalue weighted by Crippen LogP contribution is -2.42. The van der Waals surface area contributed by atoms with Gasteiger partial charge < -0.3 is 9.47 Å². The zero-order valence-corrected chi connectivity index (χ0v) is 16.5. The molecule has 1 aliphatic heterocycles. The monoisotopic (exact) mass is 384 g/mol. The Bertz CT molecular complexity index is 833. The largest absolute Gasteiger partial charge is 0.336 e. The minimum Gasteiger partial charge on any atom is -0.336 e. The molecular weight excluding hydrogens is 356 g/mol. The maximum absolute atomic E-state index is 13.0. The first-order chi connectivity index (χ1) is 13.6. The van der Waals surface area contributed by atoms with E-state index in [9.17, 15) is 9.59 Å². The van der Waals surface area contributed by atoms with Gasteiger partial charge in [0.15, 0.2) is 11.5 Å². The van der Waals surface area contributed by atoms with Gasteiger partial charge in [0.1, 0.15) is 0 Å². The molecule has 4 rings (SSSR count). The van der Waals surface area contributed by atoms with Crippen LogP contribution in [0, 0.1) is 5.92 Å². The van der Waals surface area contributed by atoms with Crippen molar-refractivity contribution >= 4 is 11.7 Å². The maximum Gasteiger partial charge on any atom is 0.276 e. The molecule has 1 saturated carbocycles. The average Bonchev–Trinajstić information content (AvgIpc) is 3.29. The smallest absolute Gasteiger partial charge is 0.276 e. The molecule has 0 spiro atoms. The van der Waals surface area contributed by atoms with E-state index in [1.54, 1.807) is 28.1 Å². The van der Waals surface area contributed by atoms with Crippen molar-refractivity contribution in [2.24, 2.45) is 13.0 Å². The molecule has 2 aliphatic rings. The third-order valence-electron chi connectivity index (χ3n) is 6.05. The van der Waals surface area contributed by atoms with Crippen LogP contribution < -0.4 is 0 Å². The highest BCUT2D eigenvalue weighted by atomic mass is 16.2. The third-order valence-corrected chi connectivity index (χ3v) is 6.05. The van der Waals surface area contributed by atoms with Crippen LogP contribution in [0.4, 0.5) is 0 Å². The van der Waals surface area contributed by atoms with Crippen molar-refractivity contribution in [2.45, 2.75) is 57.4 Å². The van der Waals surface area contributed by atoms with Crippen molar-refractivity contribution in [3.8, 4) is 0 Å². The van der Waals surface area contributed by atoms with E-state index in [-0.39, 0.29) is 17.6 Å². The quantitative estimate of drug-likeness (QED) is 0.597. The summed E-state index contributed by atoms with van der Waals surface area (Å²) in [6, 6.07) is 0.343. The Labute approximate surface area is 164 Å². The summed E-state index contributed by atoms with van der Waals surface area (Å²) in [6.07, 6.45) is 13.9. The van der Waals surface area contributed by atoms with Crippen molar-refractivity contribution in [1.82, 2.24) is 29.4 Å². The Morgan fingerprint density at radius 3 is 2.57 bits per heavy atom. The van der Waals surface area contributed by atoms with Crippen LogP contribution in [0.5, 0.6) is 0 Å². The van der Waals surface area contributed by atoms with Gasteiger partial charge in [-0.2, -0.15) is 0 Å². The molecule has 0 bridgehead atoms. The second-order valence-corrected chi connectivity index (χ2v) is 8.05. The molecule has 2 aromatic rings. The minimum absolute atomic E-state index is 0.00658. The van der Waals surface area contributed by atoms with E-state index in [0.717, 1.165) is 25.7 Å². The summed E-state index contributed by atoms with van der Waals surface area (Å²) in [5.41, 5.74) is 0.384. The van der Waals surface area contributed by atoms with Gasteiger partial charge in [0.2, 0.25) is 5.78 Å². The van der Waals surface area contributed by atoms with Gasteiger partial charge in [0.05, 0.1) is 12.2 Å². The topological polar surface area (TPSA) is 85.9 Å². The van der Waals surface area contributed by atoms with E-state index in [4.69, 9.17) is 0 Å². The molecule has 2 fully saturated rings. The van der Waals surface area contributed by atoms with Crippen LogP contribution in [0.25, 0.3) is 0 Å². The molecule has 8 nitrogen and oxygen atoms in total. The SMILES string of the molecule is Cn1ccnc1C(=O)C1CCCN(C(=O)c2cn(C3CCCCCC3)nn2)C1. The minimum atomic E-state index is -0.212. The molecule has 1 amide bonds. The van der Waals surface area contributed by atoms with Crippen LogP contribution in [-0.4, -0.2) is 54.2 Å². The highest BCUT2D eigenvalue weighted by Crippen LogP contribution is 2.27. The number of likely N-dealkylation sites (tertiary alicyclic amines) is 1. The van der Waals surface area contributed by atoms with Crippen LogP contribution in [0.15, 0.2) is 18.6 Å². The van der Waals surface area contributed by atoms with E-state index >= 15 is 0 Å². The van der Waals surface area contributed by atoms with Crippen molar-refractivity contribution in [2.75, 3.05) is 13.1 Å². The summed E-state index contributed by atoms with van der Waals surface area (Å²) in [6.45, 7) is 1.07. The number of Topliss-reactive ketones (excluding diaryl/α,β-unsaturated/α-hetero) is 1. The zero-order valence-electron chi connectivity index (χ0n) is 16.5. The maximum atomic E-state index is 13.0. The van der Waals surface area contributed by atoms with E-state index in [2.05, 4.69) is 15.3 Å². The van der Waals surface area contributed by atoms with Gasteiger partial charge in [-0.15, -0.1) is 5.10 Å². The Hall–Kier alpha value is -2.51. The zero-order chi connectivity index (χ0) is 19.5. The number of ketones is 1. The molecule has 150 valence electrons. The lowest BCUT2D eigenvalue weighted by Gasteiger charge is -2.31. The van der Waals surface area contributed by atoms with E-state index in [1.165, 1.54) is 25.7 Å². The van der Waals surface area contributed by atoms with E-state index < -0.39 is 0 Å². The van der Waals surface area contributed by atoms with Crippen LogP contribution >= 0.6 is 0 Å². The predicted molar refractivity (Wildman–Crippen MR) is 103 cm³/mol. The molecule has 1 aliphatic carbocycles. The van der Waals surface area contributed by atoms with Gasteiger partial charge in [-0.05, 0) is 25.7 Å². The number of hydrogen-bond acceptors (Lipinski definition) is 5. The number of aromatic nitrogens is 5. The predicted octanol–water partition coefficient (Wildman–Crippen LogP) is 2.64. The molecule has 3 heterocycles. The van der Waals surface area contributed by atoms with Gasteiger partial charge in [-0.1, -0.05) is 30.9 Å². The third kappa shape index (κ3) is 3.86. The van der Waals surface area contributed by atoms with Gasteiger partial charge in [-0.25, -0.2) is 9.67 Å². The van der Waals surface area contributed by atoms with E-state index in [0.29, 0.717) is 30.6 Å². The average molecular weight is 384 g/mol. The number of carbonyl (C=O) groups excluding carboxylic acids is 2. The fourth-order valence-electron chi connectivity index (χ4n) is 4.40. The molecule has 2 aromatic heterocycles. The Morgan fingerprint density at radius 1 is 1.07 bits per heavy atom. The van der Waals surface area contributed by atoms with Crippen LogP contribution in [0.2, 0.25) is 0 Å². The van der Waals surface area contributed by atoms with E-state index in [1.807, 2.05) is 11.7 Å². The Balaban J connectivity index is 1.43. The number of nitrogens with zero attached hydrogens (tertiary/aromatic N) is 6. The number of hydrogen-bond donors (Lipinski definition) is 0. The van der Waals surface area contributed by atoms with Crippen LogP contribution in [-0.2, 0) is 7.05 Å². The highest BCUT2D eigenvalue weighted by Gasteiger charge is 2.32. The number of aryl methyl sites for hydroxylation is 1. The molecule has 1 atom stereocenters. The number of imidazole rings is 1. The summed E-state index contributed by atoms with van der Waals surface area (Å²) in [7, 11) is 1.82. The molecule has 1 unspecified atom stereocenters. The Morgan fingerprint density at radius 2 is 1.86 bits per heavy atom. The molecule has 0 N–H and O–H groups in total. The molecule has 1 saturated heterocycles.